The summed E-state index contributed by atoms with van der Waals surface area (Å²) in [4.78, 5) is 13.0. The minimum atomic E-state index is -2.97. The van der Waals surface area contributed by atoms with Gasteiger partial charge in [-0.15, -0.1) is 11.8 Å². The van der Waals surface area contributed by atoms with Gasteiger partial charge in [0.15, 0.2) is 5.65 Å². The van der Waals surface area contributed by atoms with Crippen LogP contribution < -0.4 is 10.6 Å². The quantitative estimate of drug-likeness (QED) is 0.257. The number of sulfone groups is 1. The number of rotatable bonds is 10. The third-order valence-electron chi connectivity index (χ3n) is 6.32. The van der Waals surface area contributed by atoms with E-state index in [1.807, 2.05) is 23.7 Å². The number of aromatic amines is 1. The van der Waals surface area contributed by atoms with Crippen molar-refractivity contribution in [3.8, 4) is 11.3 Å². The van der Waals surface area contributed by atoms with Gasteiger partial charge in [0.25, 0.3) is 0 Å². The van der Waals surface area contributed by atoms with Crippen molar-refractivity contribution in [2.45, 2.75) is 58.2 Å². The summed E-state index contributed by atoms with van der Waals surface area (Å²) in [7, 11) is -2.97. The molecule has 0 spiro atoms. The first-order chi connectivity index (χ1) is 16.9. The van der Waals surface area contributed by atoms with Gasteiger partial charge in [0.05, 0.1) is 33.2 Å². The minimum Gasteiger partial charge on any atom is -0.359 e. The van der Waals surface area contributed by atoms with Crippen LogP contribution in [0.1, 0.15) is 50.3 Å². The Morgan fingerprint density at radius 1 is 1.11 bits per heavy atom. The largest absolute Gasteiger partial charge is 0.359 e. The Bertz CT molecular complexity index is 1490. The maximum absolute atomic E-state index is 11.4. The Kier molecular flexibility index (Phi) is 7.63. The smallest absolute Gasteiger partial charge is 0.158 e. The Morgan fingerprint density at radius 2 is 1.86 bits per heavy atom. The van der Waals surface area contributed by atoms with Crippen LogP contribution in [-0.4, -0.2) is 62.3 Å². The Hall–Kier alpha value is -2.63. The minimum absolute atomic E-state index is 0.0798. The highest BCUT2D eigenvalue weighted by atomic mass is 32.2. The van der Waals surface area contributed by atoms with Gasteiger partial charge < -0.3 is 15.6 Å². The standard InChI is InChI=1S/C25H35N7O2S2/c1-14(2)22-23(19-12-32-25(27-13-28-32)16(4)15(19)3)30-20-8-9-21(31-24(20)22)29-18(6)35-17(5)26-10-11-36(7,33)34/h8-9,12-14,17-18,26,30H,10-11H2,1-7H3,(H,29,31)/t17?,18-/m0/s1. The zero-order chi connectivity index (χ0) is 26.2. The molecule has 0 saturated carbocycles. The highest BCUT2D eigenvalue weighted by molar-refractivity contribution is 8.00. The van der Waals surface area contributed by atoms with E-state index in [2.05, 4.69) is 66.4 Å². The third-order valence-corrected chi connectivity index (χ3v) is 8.36. The van der Waals surface area contributed by atoms with Crippen molar-refractivity contribution in [3.05, 3.63) is 41.3 Å². The number of nitrogens with one attached hydrogen (secondary N) is 3. The Morgan fingerprint density at radius 3 is 2.56 bits per heavy atom. The summed E-state index contributed by atoms with van der Waals surface area (Å²) in [5, 5.41) is 11.3. The number of anilines is 1. The molecule has 9 nitrogen and oxygen atoms in total. The third kappa shape index (κ3) is 5.68. The summed E-state index contributed by atoms with van der Waals surface area (Å²) >= 11 is 1.69. The predicted octanol–water partition coefficient (Wildman–Crippen LogP) is 4.48. The lowest BCUT2D eigenvalue weighted by molar-refractivity contribution is 0.596. The zero-order valence-corrected chi connectivity index (χ0v) is 23.5. The molecule has 0 amide bonds. The number of thioether (sulfide) groups is 1. The van der Waals surface area contributed by atoms with E-state index < -0.39 is 9.84 Å². The first-order valence-electron chi connectivity index (χ1n) is 12.1. The maximum atomic E-state index is 11.4. The average Bonchev–Trinajstić information content (AvgIpc) is 3.39. The van der Waals surface area contributed by atoms with E-state index in [9.17, 15) is 8.42 Å². The second-order valence-electron chi connectivity index (χ2n) is 9.63. The summed E-state index contributed by atoms with van der Waals surface area (Å²) in [6.45, 7) is 13.1. The molecule has 0 radical (unpaired) electrons. The van der Waals surface area contributed by atoms with Gasteiger partial charge in [0.2, 0.25) is 0 Å². The van der Waals surface area contributed by atoms with Gasteiger partial charge in [-0.2, -0.15) is 5.10 Å². The summed E-state index contributed by atoms with van der Waals surface area (Å²) in [6.07, 6.45) is 4.88. The van der Waals surface area contributed by atoms with E-state index in [4.69, 9.17) is 4.98 Å². The van der Waals surface area contributed by atoms with Gasteiger partial charge in [-0.25, -0.2) is 22.9 Å². The summed E-state index contributed by atoms with van der Waals surface area (Å²) < 4.78 is 24.5. The number of aromatic nitrogens is 5. The number of hydrogen-bond acceptors (Lipinski definition) is 8. The van der Waals surface area contributed by atoms with Crippen molar-refractivity contribution in [3.63, 3.8) is 0 Å². The maximum Gasteiger partial charge on any atom is 0.158 e. The second-order valence-corrected chi connectivity index (χ2v) is 13.6. The molecule has 2 atom stereocenters. The zero-order valence-electron chi connectivity index (χ0n) is 21.9. The Labute approximate surface area is 216 Å². The molecular weight excluding hydrogens is 494 g/mol. The average molecular weight is 530 g/mol. The molecule has 0 aliphatic rings. The van der Waals surface area contributed by atoms with Gasteiger partial charge in [0.1, 0.15) is 22.0 Å². The Balaban J connectivity index is 1.60. The van der Waals surface area contributed by atoms with Gasteiger partial charge in [-0.3, -0.25) is 0 Å². The van der Waals surface area contributed by atoms with Gasteiger partial charge >= 0.3 is 0 Å². The molecule has 0 fully saturated rings. The van der Waals surface area contributed by atoms with Gasteiger partial charge in [0, 0.05) is 30.1 Å². The molecule has 3 N–H and O–H groups in total. The molecular formula is C25H35N7O2S2. The van der Waals surface area contributed by atoms with E-state index in [1.54, 1.807) is 18.1 Å². The monoisotopic (exact) mass is 529 g/mol. The molecule has 4 rings (SSSR count). The molecule has 1 unspecified atom stereocenters. The second kappa shape index (κ2) is 10.4. The number of H-pyrrole nitrogens is 1. The van der Waals surface area contributed by atoms with E-state index in [1.165, 1.54) is 17.4 Å². The number of fused-ring (bicyclic) bond motifs is 2. The summed E-state index contributed by atoms with van der Waals surface area (Å²) in [6, 6.07) is 4.06. The van der Waals surface area contributed by atoms with Crippen LogP contribution in [0.3, 0.4) is 0 Å². The van der Waals surface area contributed by atoms with Crippen LogP contribution in [0.5, 0.6) is 0 Å². The molecule has 4 heterocycles. The van der Waals surface area contributed by atoms with Crippen LogP contribution >= 0.6 is 11.8 Å². The van der Waals surface area contributed by atoms with Crippen molar-refractivity contribution in [1.29, 1.82) is 0 Å². The fourth-order valence-corrected chi connectivity index (χ4v) is 5.94. The topological polar surface area (TPSA) is 117 Å². The van der Waals surface area contributed by atoms with Crippen molar-refractivity contribution in [1.82, 2.24) is 29.9 Å². The SMILES string of the molecule is Cc1c(-c2[nH]c3ccc(N[C@H](C)SC(C)NCCS(C)(=O)=O)nc3c2C(C)C)cn2ncnc2c1C. The van der Waals surface area contributed by atoms with Crippen LogP contribution in [0.4, 0.5) is 5.82 Å². The number of pyridine rings is 2. The van der Waals surface area contributed by atoms with Crippen molar-refractivity contribution >= 4 is 44.1 Å². The number of nitrogens with zero attached hydrogens (tertiary/aromatic N) is 4. The first kappa shape index (κ1) is 26.4. The fourth-order valence-electron chi connectivity index (χ4n) is 4.44. The lowest BCUT2D eigenvalue weighted by Gasteiger charge is -2.20. The van der Waals surface area contributed by atoms with Crippen LogP contribution in [0.25, 0.3) is 27.9 Å². The fraction of sp³-hybridized carbons (Fsp3) is 0.480. The molecule has 11 heteroatoms. The summed E-state index contributed by atoms with van der Waals surface area (Å²) in [5.41, 5.74) is 8.43. The lowest BCUT2D eigenvalue weighted by atomic mass is 9.95. The predicted molar refractivity (Wildman–Crippen MR) is 149 cm³/mol. The van der Waals surface area contributed by atoms with E-state index >= 15 is 0 Å². The van der Waals surface area contributed by atoms with Crippen LogP contribution in [0.2, 0.25) is 0 Å². The number of aryl methyl sites for hydroxylation is 1. The van der Waals surface area contributed by atoms with E-state index in [-0.39, 0.29) is 22.4 Å². The first-order valence-corrected chi connectivity index (χ1v) is 15.1. The molecule has 4 aromatic rings. The van der Waals surface area contributed by atoms with Gasteiger partial charge in [-0.1, -0.05) is 13.8 Å². The number of hydrogen-bond donors (Lipinski definition) is 3. The molecule has 0 aromatic carbocycles. The molecule has 0 aliphatic heterocycles. The molecule has 194 valence electrons. The van der Waals surface area contributed by atoms with E-state index in [0.29, 0.717) is 6.54 Å². The van der Waals surface area contributed by atoms with Crippen molar-refractivity contribution in [2.75, 3.05) is 23.9 Å². The van der Waals surface area contributed by atoms with Gasteiger partial charge in [-0.05, 0) is 56.9 Å². The van der Waals surface area contributed by atoms with Crippen molar-refractivity contribution in [2.24, 2.45) is 0 Å². The molecule has 0 saturated heterocycles. The molecule has 0 aliphatic carbocycles. The highest BCUT2D eigenvalue weighted by Crippen LogP contribution is 2.37. The molecule has 36 heavy (non-hydrogen) atoms. The molecule has 0 bridgehead atoms. The van der Waals surface area contributed by atoms with Crippen LogP contribution in [-0.2, 0) is 9.84 Å². The molecule has 4 aromatic heterocycles. The normalized spacial score (nSPS) is 14.1. The summed E-state index contributed by atoms with van der Waals surface area (Å²) in [5.74, 6) is 1.20. The van der Waals surface area contributed by atoms with Crippen LogP contribution in [0.15, 0.2) is 24.7 Å². The van der Waals surface area contributed by atoms with Crippen molar-refractivity contribution < 1.29 is 8.42 Å². The van der Waals surface area contributed by atoms with E-state index in [0.717, 1.165) is 39.3 Å². The van der Waals surface area contributed by atoms with Crippen LogP contribution in [0, 0.1) is 13.8 Å². The lowest BCUT2D eigenvalue weighted by Crippen LogP contribution is -2.31. The highest BCUT2D eigenvalue weighted by Gasteiger charge is 2.21.